The maximum atomic E-state index is 5.81. The van der Waals surface area contributed by atoms with Crippen molar-refractivity contribution in [3.63, 3.8) is 0 Å². The fourth-order valence-corrected chi connectivity index (χ4v) is 1.07. The van der Waals surface area contributed by atoms with Crippen molar-refractivity contribution in [3.8, 4) is 0 Å². The number of aliphatic imine (C=N–C) groups is 1. The van der Waals surface area contributed by atoms with Gasteiger partial charge in [0.05, 0.1) is 6.54 Å². The van der Waals surface area contributed by atoms with Crippen LogP contribution in [0.3, 0.4) is 0 Å². The molecule has 1 rings (SSSR count). The number of hydrogen-bond acceptors (Lipinski definition) is 2. The van der Waals surface area contributed by atoms with Crippen LogP contribution in [0.15, 0.2) is 35.3 Å². The Kier molecular flexibility index (Phi) is 4.13. The van der Waals surface area contributed by atoms with Crippen LogP contribution in [0.4, 0.5) is 0 Å². The Bertz CT molecular complexity index is 291. The molecule has 0 aliphatic rings. The number of benzene rings is 1. The molecule has 0 unspecified atom stereocenters. The lowest BCUT2D eigenvalue weighted by atomic mass is 10.2. The van der Waals surface area contributed by atoms with Crippen molar-refractivity contribution < 1.29 is 0 Å². The van der Waals surface area contributed by atoms with Gasteiger partial charge < -0.3 is 10.6 Å². The van der Waals surface area contributed by atoms with Gasteiger partial charge in [0.2, 0.25) is 0 Å². The number of hydrogen-bond donors (Lipinski definition) is 1. The smallest absolute Gasteiger partial charge is 0.125 e. The molecule has 3 heteroatoms. The Labute approximate surface area is 85.3 Å². The van der Waals surface area contributed by atoms with Crippen molar-refractivity contribution in [3.05, 3.63) is 35.9 Å². The first-order valence-corrected chi connectivity index (χ1v) is 4.70. The van der Waals surface area contributed by atoms with Crippen LogP contribution in [0.25, 0.3) is 0 Å². The lowest BCUT2D eigenvalue weighted by Crippen LogP contribution is -2.19. The SMILES string of the molecule is CN(C)CCN=C(N)c1ccccc1. The van der Waals surface area contributed by atoms with Crippen molar-refractivity contribution in [2.75, 3.05) is 27.2 Å². The fraction of sp³-hybridized carbons (Fsp3) is 0.364. The topological polar surface area (TPSA) is 41.6 Å². The van der Waals surface area contributed by atoms with E-state index in [1.165, 1.54) is 0 Å². The summed E-state index contributed by atoms with van der Waals surface area (Å²) < 4.78 is 0. The van der Waals surface area contributed by atoms with E-state index in [1.807, 2.05) is 44.4 Å². The molecule has 0 aliphatic carbocycles. The molecule has 0 saturated heterocycles. The molecule has 14 heavy (non-hydrogen) atoms. The first kappa shape index (κ1) is 10.7. The molecule has 0 heterocycles. The van der Waals surface area contributed by atoms with Crippen molar-refractivity contribution in [1.29, 1.82) is 0 Å². The summed E-state index contributed by atoms with van der Waals surface area (Å²) >= 11 is 0. The van der Waals surface area contributed by atoms with Gasteiger partial charge in [-0.3, -0.25) is 4.99 Å². The van der Waals surface area contributed by atoms with Crippen LogP contribution < -0.4 is 5.73 Å². The molecule has 0 saturated carbocycles. The van der Waals surface area contributed by atoms with Crippen molar-refractivity contribution >= 4 is 5.84 Å². The van der Waals surface area contributed by atoms with Gasteiger partial charge in [-0.1, -0.05) is 30.3 Å². The highest BCUT2D eigenvalue weighted by Gasteiger charge is 1.95. The minimum absolute atomic E-state index is 0.618. The summed E-state index contributed by atoms with van der Waals surface area (Å²) in [7, 11) is 4.04. The van der Waals surface area contributed by atoms with Gasteiger partial charge in [0, 0.05) is 12.1 Å². The van der Waals surface area contributed by atoms with E-state index in [2.05, 4.69) is 9.89 Å². The average Bonchev–Trinajstić information content (AvgIpc) is 2.18. The third kappa shape index (κ3) is 3.58. The van der Waals surface area contributed by atoms with E-state index < -0.39 is 0 Å². The highest BCUT2D eigenvalue weighted by atomic mass is 15.1. The van der Waals surface area contributed by atoms with Crippen molar-refractivity contribution in [2.45, 2.75) is 0 Å². The van der Waals surface area contributed by atoms with Gasteiger partial charge in [0.1, 0.15) is 5.84 Å². The molecule has 1 aromatic rings. The monoisotopic (exact) mass is 191 g/mol. The lowest BCUT2D eigenvalue weighted by molar-refractivity contribution is 0.420. The number of likely N-dealkylation sites (N-methyl/N-ethyl adjacent to an activating group) is 1. The van der Waals surface area contributed by atoms with Gasteiger partial charge >= 0.3 is 0 Å². The highest BCUT2D eigenvalue weighted by Crippen LogP contribution is 1.97. The Morgan fingerprint density at radius 1 is 1.29 bits per heavy atom. The second-order valence-electron chi connectivity index (χ2n) is 3.44. The predicted octanol–water partition coefficient (Wildman–Crippen LogP) is 0.953. The summed E-state index contributed by atoms with van der Waals surface area (Å²) in [5, 5.41) is 0. The quantitative estimate of drug-likeness (QED) is 0.569. The maximum absolute atomic E-state index is 5.81. The largest absolute Gasteiger partial charge is 0.384 e. The van der Waals surface area contributed by atoms with E-state index in [-0.39, 0.29) is 0 Å². The summed E-state index contributed by atoms with van der Waals surface area (Å²) in [4.78, 5) is 6.37. The van der Waals surface area contributed by atoms with E-state index in [0.29, 0.717) is 5.84 Å². The van der Waals surface area contributed by atoms with Crippen LogP contribution in [0.2, 0.25) is 0 Å². The summed E-state index contributed by atoms with van der Waals surface area (Å²) in [5.74, 6) is 0.618. The van der Waals surface area contributed by atoms with E-state index in [4.69, 9.17) is 5.73 Å². The minimum atomic E-state index is 0.618. The Morgan fingerprint density at radius 2 is 1.93 bits per heavy atom. The first-order chi connectivity index (χ1) is 6.70. The van der Waals surface area contributed by atoms with Crippen LogP contribution in [-0.4, -0.2) is 37.9 Å². The van der Waals surface area contributed by atoms with Crippen LogP contribution in [0.1, 0.15) is 5.56 Å². The number of rotatable bonds is 4. The second-order valence-corrected chi connectivity index (χ2v) is 3.44. The standard InChI is InChI=1S/C11H17N3/c1-14(2)9-8-13-11(12)10-6-4-3-5-7-10/h3-7H,8-9H2,1-2H3,(H2,12,13). The molecule has 1 aromatic carbocycles. The van der Waals surface area contributed by atoms with Gasteiger partial charge in [-0.05, 0) is 14.1 Å². The molecule has 3 nitrogen and oxygen atoms in total. The molecule has 2 N–H and O–H groups in total. The summed E-state index contributed by atoms with van der Waals surface area (Å²) in [6.45, 7) is 1.67. The third-order valence-electron chi connectivity index (χ3n) is 1.90. The normalized spacial score (nSPS) is 12.1. The molecule has 0 bridgehead atoms. The third-order valence-corrected chi connectivity index (χ3v) is 1.90. The molecule has 0 fully saturated rings. The molecule has 0 aliphatic heterocycles. The zero-order valence-electron chi connectivity index (χ0n) is 8.77. The second kappa shape index (κ2) is 5.40. The Balaban J connectivity index is 2.53. The number of nitrogens with two attached hydrogens (primary N) is 1. The number of amidine groups is 1. The van der Waals surface area contributed by atoms with Crippen LogP contribution >= 0.6 is 0 Å². The van der Waals surface area contributed by atoms with E-state index in [0.717, 1.165) is 18.7 Å². The summed E-state index contributed by atoms with van der Waals surface area (Å²) in [6, 6.07) is 9.83. The summed E-state index contributed by atoms with van der Waals surface area (Å²) in [6.07, 6.45) is 0. The molecule has 0 radical (unpaired) electrons. The van der Waals surface area contributed by atoms with E-state index >= 15 is 0 Å². The molecule has 0 aromatic heterocycles. The molecular weight excluding hydrogens is 174 g/mol. The molecule has 0 amide bonds. The molecular formula is C11H17N3. The van der Waals surface area contributed by atoms with Crippen molar-refractivity contribution in [1.82, 2.24) is 4.90 Å². The average molecular weight is 191 g/mol. The van der Waals surface area contributed by atoms with Gasteiger partial charge in [-0.25, -0.2) is 0 Å². The minimum Gasteiger partial charge on any atom is -0.384 e. The summed E-state index contributed by atoms with van der Waals surface area (Å²) in [5.41, 5.74) is 6.80. The van der Waals surface area contributed by atoms with Crippen molar-refractivity contribution in [2.24, 2.45) is 10.7 Å². The van der Waals surface area contributed by atoms with Gasteiger partial charge in [0.25, 0.3) is 0 Å². The van der Waals surface area contributed by atoms with Gasteiger partial charge in [0.15, 0.2) is 0 Å². The van der Waals surface area contributed by atoms with Gasteiger partial charge in [-0.15, -0.1) is 0 Å². The lowest BCUT2D eigenvalue weighted by Gasteiger charge is -2.06. The highest BCUT2D eigenvalue weighted by molar-refractivity contribution is 5.97. The van der Waals surface area contributed by atoms with E-state index in [9.17, 15) is 0 Å². The molecule has 0 atom stereocenters. The van der Waals surface area contributed by atoms with Gasteiger partial charge in [-0.2, -0.15) is 0 Å². The van der Waals surface area contributed by atoms with E-state index in [1.54, 1.807) is 0 Å². The van der Waals surface area contributed by atoms with Crippen LogP contribution in [0, 0.1) is 0 Å². The Morgan fingerprint density at radius 3 is 2.50 bits per heavy atom. The molecule has 76 valence electrons. The zero-order chi connectivity index (χ0) is 10.4. The first-order valence-electron chi connectivity index (χ1n) is 4.70. The maximum Gasteiger partial charge on any atom is 0.125 e. The van der Waals surface area contributed by atoms with Crippen LogP contribution in [-0.2, 0) is 0 Å². The fourth-order valence-electron chi connectivity index (χ4n) is 1.07. The van der Waals surface area contributed by atoms with Crippen LogP contribution in [0.5, 0.6) is 0 Å². The number of nitrogens with zero attached hydrogens (tertiary/aromatic N) is 2. The Hall–Kier alpha value is -1.35. The molecule has 0 spiro atoms. The predicted molar refractivity (Wildman–Crippen MR) is 60.6 cm³/mol. The zero-order valence-corrected chi connectivity index (χ0v) is 8.77.